The Bertz CT molecular complexity index is 648. The third-order valence-corrected chi connectivity index (χ3v) is 3.82. The molecule has 1 aromatic carbocycles. The molecular formula is C15H19N3O. The Balaban J connectivity index is 2.05. The number of imidazole rings is 1. The fourth-order valence-corrected chi connectivity index (χ4v) is 2.87. The lowest BCUT2D eigenvalue weighted by Gasteiger charge is -2.12. The Hall–Kier alpha value is -1.81. The lowest BCUT2D eigenvalue weighted by molar-refractivity contribution is 0.647. The van der Waals surface area contributed by atoms with Crippen LogP contribution in [0, 0.1) is 6.92 Å². The number of hydrogen-bond donors (Lipinski definition) is 1. The molecule has 0 spiro atoms. The van der Waals surface area contributed by atoms with Crippen molar-refractivity contribution in [1.82, 2.24) is 14.5 Å². The number of hydrogen-bond acceptors (Lipinski definition) is 2. The van der Waals surface area contributed by atoms with E-state index in [1.807, 2.05) is 25.3 Å². The van der Waals surface area contributed by atoms with Crippen molar-refractivity contribution in [3.05, 3.63) is 52.2 Å². The van der Waals surface area contributed by atoms with Gasteiger partial charge in [-0.2, -0.15) is 0 Å². The molecule has 0 amide bonds. The summed E-state index contributed by atoms with van der Waals surface area (Å²) in [5.41, 5.74) is 3.19. The third kappa shape index (κ3) is 2.12. The quantitative estimate of drug-likeness (QED) is 0.892. The molecule has 0 aliphatic carbocycles. The number of nitrogens with one attached hydrogen (secondary N) is 1. The average molecular weight is 257 g/mol. The Morgan fingerprint density at radius 1 is 1.37 bits per heavy atom. The van der Waals surface area contributed by atoms with E-state index in [1.54, 1.807) is 16.2 Å². The molecule has 1 N–H and O–H groups in total. The van der Waals surface area contributed by atoms with Crippen LogP contribution >= 0.6 is 0 Å². The van der Waals surface area contributed by atoms with Gasteiger partial charge in [-0.3, -0.25) is 4.57 Å². The Labute approximate surface area is 112 Å². The lowest BCUT2D eigenvalue weighted by atomic mass is 10.0. The summed E-state index contributed by atoms with van der Waals surface area (Å²) in [5, 5.41) is 3.49. The summed E-state index contributed by atoms with van der Waals surface area (Å²) in [5.74, 6) is 0. The van der Waals surface area contributed by atoms with Gasteiger partial charge >= 0.3 is 5.69 Å². The number of nitrogens with zero attached hydrogens (tertiary/aromatic N) is 2. The summed E-state index contributed by atoms with van der Waals surface area (Å²) in [6.07, 6.45) is 4.26. The van der Waals surface area contributed by atoms with Gasteiger partial charge in [0.2, 0.25) is 0 Å². The molecule has 1 aliphatic heterocycles. The topological polar surface area (TPSA) is 39.0 Å². The Morgan fingerprint density at radius 3 is 2.84 bits per heavy atom. The molecule has 2 aromatic rings. The molecule has 0 bridgehead atoms. The molecule has 2 heterocycles. The summed E-state index contributed by atoms with van der Waals surface area (Å²) in [7, 11) is 1.79. The first kappa shape index (κ1) is 12.2. The Kier molecular flexibility index (Phi) is 3.03. The maximum atomic E-state index is 12.1. The molecule has 1 saturated heterocycles. The van der Waals surface area contributed by atoms with Gasteiger partial charge in [-0.25, -0.2) is 4.79 Å². The van der Waals surface area contributed by atoms with Gasteiger partial charge in [0.05, 0.1) is 5.69 Å². The van der Waals surface area contributed by atoms with Crippen LogP contribution in [0.5, 0.6) is 0 Å². The van der Waals surface area contributed by atoms with Crippen molar-refractivity contribution >= 4 is 0 Å². The zero-order chi connectivity index (χ0) is 13.4. The molecule has 4 heteroatoms. The molecule has 1 aromatic heterocycles. The van der Waals surface area contributed by atoms with Crippen molar-refractivity contribution in [2.45, 2.75) is 25.8 Å². The standard InChI is InChI=1S/C15H19N3O/c1-11-10-17(2)15(19)18(11)13-6-3-5-12(9-13)14-7-4-8-16-14/h3,5-6,9-10,14,16H,4,7-8H2,1-2H3. The summed E-state index contributed by atoms with van der Waals surface area (Å²) in [4.78, 5) is 12.1. The molecule has 19 heavy (non-hydrogen) atoms. The number of aromatic nitrogens is 2. The first-order valence-electron chi connectivity index (χ1n) is 6.75. The fraction of sp³-hybridized carbons (Fsp3) is 0.400. The predicted molar refractivity (Wildman–Crippen MR) is 75.7 cm³/mol. The zero-order valence-electron chi connectivity index (χ0n) is 11.4. The van der Waals surface area contributed by atoms with E-state index in [1.165, 1.54) is 18.4 Å². The van der Waals surface area contributed by atoms with Crippen molar-refractivity contribution < 1.29 is 0 Å². The monoisotopic (exact) mass is 257 g/mol. The van der Waals surface area contributed by atoms with Crippen LogP contribution < -0.4 is 11.0 Å². The van der Waals surface area contributed by atoms with Crippen LogP contribution in [0.2, 0.25) is 0 Å². The molecule has 100 valence electrons. The summed E-state index contributed by atoms with van der Waals surface area (Å²) < 4.78 is 3.38. The molecule has 3 rings (SSSR count). The zero-order valence-corrected chi connectivity index (χ0v) is 11.4. The maximum Gasteiger partial charge on any atom is 0.332 e. The molecule has 1 atom stereocenters. The van der Waals surface area contributed by atoms with Gasteiger partial charge in [0.25, 0.3) is 0 Å². The summed E-state index contributed by atoms with van der Waals surface area (Å²) in [6, 6.07) is 8.71. The van der Waals surface area contributed by atoms with E-state index >= 15 is 0 Å². The Morgan fingerprint density at radius 2 is 2.21 bits per heavy atom. The minimum Gasteiger partial charge on any atom is -0.310 e. The van der Waals surface area contributed by atoms with E-state index in [0.717, 1.165) is 17.9 Å². The third-order valence-electron chi connectivity index (χ3n) is 3.82. The van der Waals surface area contributed by atoms with Crippen molar-refractivity contribution in [2.24, 2.45) is 7.05 Å². The van der Waals surface area contributed by atoms with Gasteiger partial charge in [-0.05, 0) is 44.0 Å². The first-order chi connectivity index (χ1) is 9.16. The largest absolute Gasteiger partial charge is 0.332 e. The van der Waals surface area contributed by atoms with Crippen LogP contribution in [-0.4, -0.2) is 15.7 Å². The van der Waals surface area contributed by atoms with Crippen LogP contribution in [0.25, 0.3) is 5.69 Å². The molecular weight excluding hydrogens is 238 g/mol. The van der Waals surface area contributed by atoms with Crippen LogP contribution in [0.1, 0.15) is 30.1 Å². The highest BCUT2D eigenvalue weighted by atomic mass is 16.1. The van der Waals surface area contributed by atoms with Crippen molar-refractivity contribution in [1.29, 1.82) is 0 Å². The van der Waals surface area contributed by atoms with E-state index in [0.29, 0.717) is 6.04 Å². The van der Waals surface area contributed by atoms with Gasteiger partial charge in [0, 0.05) is 25.0 Å². The van der Waals surface area contributed by atoms with Crippen LogP contribution in [-0.2, 0) is 7.05 Å². The van der Waals surface area contributed by atoms with E-state index in [4.69, 9.17) is 0 Å². The van der Waals surface area contributed by atoms with Crippen LogP contribution in [0.4, 0.5) is 0 Å². The second-order valence-electron chi connectivity index (χ2n) is 5.24. The highest BCUT2D eigenvalue weighted by molar-refractivity contribution is 5.38. The van der Waals surface area contributed by atoms with Gasteiger partial charge in [0.1, 0.15) is 0 Å². The van der Waals surface area contributed by atoms with Crippen molar-refractivity contribution in [3.63, 3.8) is 0 Å². The van der Waals surface area contributed by atoms with E-state index < -0.39 is 0 Å². The molecule has 1 aliphatic rings. The molecule has 0 saturated carbocycles. The van der Waals surface area contributed by atoms with Gasteiger partial charge < -0.3 is 9.88 Å². The minimum atomic E-state index is 0.00836. The maximum absolute atomic E-state index is 12.1. The van der Waals surface area contributed by atoms with E-state index in [-0.39, 0.29) is 5.69 Å². The summed E-state index contributed by atoms with van der Waals surface area (Å²) >= 11 is 0. The first-order valence-corrected chi connectivity index (χ1v) is 6.75. The number of rotatable bonds is 2. The highest BCUT2D eigenvalue weighted by Gasteiger charge is 2.17. The highest BCUT2D eigenvalue weighted by Crippen LogP contribution is 2.24. The van der Waals surface area contributed by atoms with Crippen molar-refractivity contribution in [3.8, 4) is 5.69 Å². The SMILES string of the molecule is Cc1cn(C)c(=O)n1-c1cccc(C2CCCN2)c1. The molecule has 0 radical (unpaired) electrons. The minimum absolute atomic E-state index is 0.00836. The fourth-order valence-electron chi connectivity index (χ4n) is 2.87. The summed E-state index contributed by atoms with van der Waals surface area (Å²) in [6.45, 7) is 3.04. The number of aryl methyl sites for hydroxylation is 2. The molecule has 4 nitrogen and oxygen atoms in total. The van der Waals surface area contributed by atoms with E-state index in [2.05, 4.69) is 17.4 Å². The second kappa shape index (κ2) is 4.70. The lowest BCUT2D eigenvalue weighted by Crippen LogP contribution is -2.21. The molecule has 1 unspecified atom stereocenters. The van der Waals surface area contributed by atoms with Crippen LogP contribution in [0.15, 0.2) is 35.3 Å². The van der Waals surface area contributed by atoms with Gasteiger partial charge in [0.15, 0.2) is 0 Å². The second-order valence-corrected chi connectivity index (χ2v) is 5.24. The number of benzene rings is 1. The van der Waals surface area contributed by atoms with Crippen molar-refractivity contribution in [2.75, 3.05) is 6.54 Å². The smallest absolute Gasteiger partial charge is 0.310 e. The average Bonchev–Trinajstić information content (AvgIpc) is 3.00. The van der Waals surface area contributed by atoms with Gasteiger partial charge in [-0.1, -0.05) is 12.1 Å². The van der Waals surface area contributed by atoms with E-state index in [9.17, 15) is 4.79 Å². The van der Waals surface area contributed by atoms with Crippen LogP contribution in [0.3, 0.4) is 0 Å². The predicted octanol–water partition coefficient (Wildman–Crippen LogP) is 1.91. The molecule has 1 fully saturated rings. The van der Waals surface area contributed by atoms with Gasteiger partial charge in [-0.15, -0.1) is 0 Å². The normalized spacial score (nSPS) is 18.9.